The van der Waals surface area contributed by atoms with Crippen molar-refractivity contribution in [1.29, 1.82) is 0 Å². The molecule has 0 fully saturated rings. The maximum Gasteiger partial charge on any atom is 0.194 e. The molecule has 21 heavy (non-hydrogen) atoms. The van der Waals surface area contributed by atoms with Crippen LogP contribution in [0.5, 0.6) is 0 Å². The monoisotopic (exact) mass is 298 g/mol. The summed E-state index contributed by atoms with van der Waals surface area (Å²) in [4.78, 5) is 5.59. The third kappa shape index (κ3) is 2.10. The Morgan fingerprint density at radius 1 is 1.14 bits per heavy atom. The molecule has 0 spiro atoms. The fourth-order valence-electron chi connectivity index (χ4n) is 2.46. The van der Waals surface area contributed by atoms with E-state index in [1.807, 2.05) is 35.7 Å². The van der Waals surface area contributed by atoms with E-state index in [0.717, 1.165) is 28.7 Å². The first kappa shape index (κ1) is 12.5. The summed E-state index contributed by atoms with van der Waals surface area (Å²) in [6.45, 7) is 3.47. The first-order valence-corrected chi connectivity index (χ1v) is 7.61. The van der Waals surface area contributed by atoms with Crippen molar-refractivity contribution in [3.8, 4) is 0 Å². The van der Waals surface area contributed by atoms with E-state index < -0.39 is 0 Å². The fraction of sp³-hybridized carbons (Fsp3) is 0.214. The van der Waals surface area contributed by atoms with Gasteiger partial charge in [-0.25, -0.2) is 4.98 Å². The highest BCUT2D eigenvalue weighted by atomic mass is 32.1. The van der Waals surface area contributed by atoms with Gasteiger partial charge in [0.15, 0.2) is 16.4 Å². The van der Waals surface area contributed by atoms with E-state index in [9.17, 15) is 0 Å². The van der Waals surface area contributed by atoms with Crippen LogP contribution in [0.4, 0.5) is 0 Å². The normalized spacial score (nSPS) is 11.7. The molecule has 0 aliphatic carbocycles. The maximum absolute atomic E-state index is 4.55. The lowest BCUT2D eigenvalue weighted by molar-refractivity contribution is 0.641. The highest BCUT2D eigenvalue weighted by Gasteiger charge is 2.10. The summed E-state index contributed by atoms with van der Waals surface area (Å²) in [6.07, 6.45) is 4.04. The van der Waals surface area contributed by atoms with Gasteiger partial charge in [-0.2, -0.15) is 0 Å². The number of hydrogen-bond acceptors (Lipinski definition) is 5. The summed E-state index contributed by atoms with van der Waals surface area (Å²) in [5.41, 5.74) is 3.13. The van der Waals surface area contributed by atoms with Crippen molar-refractivity contribution in [3.63, 3.8) is 0 Å². The lowest BCUT2D eigenvalue weighted by Crippen LogP contribution is -2.16. The van der Waals surface area contributed by atoms with Crippen molar-refractivity contribution in [2.75, 3.05) is 0 Å². The van der Waals surface area contributed by atoms with Gasteiger partial charge < -0.3 is 5.32 Å². The molecule has 0 saturated heterocycles. The topological polar surface area (TPSA) is 59.5 Å². The second kappa shape index (κ2) is 4.94. The van der Waals surface area contributed by atoms with Crippen LogP contribution in [0, 0.1) is 6.92 Å². The zero-order valence-electron chi connectivity index (χ0n) is 11.5. The Bertz CT molecular complexity index is 903. The summed E-state index contributed by atoms with van der Waals surface area (Å²) in [6, 6.07) is 5.90. The predicted molar refractivity (Wildman–Crippen MR) is 81.3 cm³/mol. The molecular formula is C14H14N6S. The minimum Gasteiger partial charge on any atom is -0.304 e. The average molecular weight is 298 g/mol. The molecule has 0 atom stereocenters. The number of pyridine rings is 1. The Labute approximate surface area is 125 Å². The van der Waals surface area contributed by atoms with Crippen molar-refractivity contribution < 1.29 is 0 Å². The van der Waals surface area contributed by atoms with Gasteiger partial charge in [0.1, 0.15) is 0 Å². The summed E-state index contributed by atoms with van der Waals surface area (Å²) in [7, 11) is 0. The number of aromatic nitrogens is 5. The lowest BCUT2D eigenvalue weighted by Gasteiger charge is -2.04. The number of thiazole rings is 1. The Morgan fingerprint density at radius 3 is 3.05 bits per heavy atom. The molecule has 0 bridgehead atoms. The second-order valence-electron chi connectivity index (χ2n) is 4.85. The standard InChI is InChI=1S/C14H14N6S/c1-10-11(19-6-7-21-14(19)16-10)8-15-9-13-18-17-12-4-2-3-5-20(12)13/h2-7,15H,8-9H2,1H3. The van der Waals surface area contributed by atoms with Crippen LogP contribution >= 0.6 is 11.3 Å². The number of aryl methyl sites for hydroxylation is 1. The van der Waals surface area contributed by atoms with Gasteiger partial charge in [-0.3, -0.25) is 8.80 Å². The Morgan fingerprint density at radius 2 is 2.10 bits per heavy atom. The van der Waals surface area contributed by atoms with Crippen molar-refractivity contribution in [2.45, 2.75) is 20.0 Å². The molecule has 0 aliphatic rings. The molecule has 0 saturated carbocycles. The van der Waals surface area contributed by atoms with Crippen LogP contribution in [0.1, 0.15) is 17.2 Å². The van der Waals surface area contributed by atoms with Gasteiger partial charge in [0.05, 0.1) is 17.9 Å². The molecule has 1 N–H and O–H groups in total. The second-order valence-corrected chi connectivity index (χ2v) is 5.72. The third-order valence-corrected chi connectivity index (χ3v) is 4.28. The van der Waals surface area contributed by atoms with Gasteiger partial charge in [-0.05, 0) is 19.1 Å². The van der Waals surface area contributed by atoms with E-state index in [0.29, 0.717) is 6.54 Å². The molecule has 4 rings (SSSR count). The SMILES string of the molecule is Cc1nc2sccn2c1CNCc1nnc2ccccn12. The molecule has 4 heterocycles. The molecule has 4 aromatic heterocycles. The van der Waals surface area contributed by atoms with E-state index in [4.69, 9.17) is 0 Å². The quantitative estimate of drug-likeness (QED) is 0.626. The molecule has 0 amide bonds. The largest absolute Gasteiger partial charge is 0.304 e. The van der Waals surface area contributed by atoms with E-state index in [2.05, 4.69) is 36.5 Å². The Balaban J connectivity index is 1.52. The van der Waals surface area contributed by atoms with Crippen LogP contribution in [-0.4, -0.2) is 24.0 Å². The van der Waals surface area contributed by atoms with E-state index in [1.165, 1.54) is 5.69 Å². The number of hydrogen-bond donors (Lipinski definition) is 1. The molecule has 7 heteroatoms. The molecular weight excluding hydrogens is 284 g/mol. The highest BCUT2D eigenvalue weighted by Crippen LogP contribution is 2.16. The summed E-state index contributed by atoms with van der Waals surface area (Å²) >= 11 is 1.65. The molecule has 0 aliphatic heterocycles. The minimum atomic E-state index is 0.669. The van der Waals surface area contributed by atoms with Gasteiger partial charge in [-0.15, -0.1) is 21.5 Å². The predicted octanol–water partition coefficient (Wildman–Crippen LogP) is 2.04. The number of imidazole rings is 1. The molecule has 6 nitrogen and oxygen atoms in total. The number of fused-ring (bicyclic) bond motifs is 2. The summed E-state index contributed by atoms with van der Waals surface area (Å²) in [5.74, 6) is 0.911. The van der Waals surface area contributed by atoms with Crippen LogP contribution < -0.4 is 5.32 Å². The van der Waals surface area contributed by atoms with Crippen LogP contribution in [0.2, 0.25) is 0 Å². The molecule has 0 radical (unpaired) electrons. The van der Waals surface area contributed by atoms with Gasteiger partial charge in [0, 0.05) is 24.3 Å². The maximum atomic E-state index is 4.55. The first-order chi connectivity index (χ1) is 10.3. The summed E-state index contributed by atoms with van der Waals surface area (Å²) < 4.78 is 4.13. The van der Waals surface area contributed by atoms with Crippen LogP contribution in [0.3, 0.4) is 0 Å². The van der Waals surface area contributed by atoms with Crippen molar-refractivity contribution in [2.24, 2.45) is 0 Å². The van der Waals surface area contributed by atoms with Crippen molar-refractivity contribution in [3.05, 3.63) is 53.2 Å². The fourth-order valence-corrected chi connectivity index (χ4v) is 3.24. The number of rotatable bonds is 4. The van der Waals surface area contributed by atoms with Crippen LogP contribution in [0.25, 0.3) is 10.6 Å². The molecule has 0 unspecified atom stereocenters. The van der Waals surface area contributed by atoms with Gasteiger partial charge in [-0.1, -0.05) is 6.07 Å². The van der Waals surface area contributed by atoms with E-state index >= 15 is 0 Å². The minimum absolute atomic E-state index is 0.669. The van der Waals surface area contributed by atoms with Gasteiger partial charge >= 0.3 is 0 Å². The lowest BCUT2D eigenvalue weighted by atomic mass is 10.3. The van der Waals surface area contributed by atoms with Crippen LogP contribution in [0.15, 0.2) is 36.0 Å². The smallest absolute Gasteiger partial charge is 0.194 e. The van der Waals surface area contributed by atoms with Gasteiger partial charge in [0.25, 0.3) is 0 Å². The molecule has 4 aromatic rings. The molecule has 106 valence electrons. The highest BCUT2D eigenvalue weighted by molar-refractivity contribution is 7.15. The van der Waals surface area contributed by atoms with Gasteiger partial charge in [0.2, 0.25) is 0 Å². The van der Waals surface area contributed by atoms with Crippen molar-refractivity contribution >= 4 is 21.9 Å². The van der Waals surface area contributed by atoms with Crippen molar-refractivity contribution in [1.82, 2.24) is 29.3 Å². The van der Waals surface area contributed by atoms with E-state index in [-0.39, 0.29) is 0 Å². The zero-order chi connectivity index (χ0) is 14.2. The summed E-state index contributed by atoms with van der Waals surface area (Å²) in [5, 5.41) is 13.8. The third-order valence-electron chi connectivity index (χ3n) is 3.52. The Hall–Kier alpha value is -2.25. The van der Waals surface area contributed by atoms with E-state index in [1.54, 1.807) is 11.3 Å². The molecule has 0 aromatic carbocycles. The van der Waals surface area contributed by atoms with Crippen LogP contribution in [-0.2, 0) is 13.1 Å². The first-order valence-electron chi connectivity index (χ1n) is 6.73. The number of nitrogens with zero attached hydrogens (tertiary/aromatic N) is 5. The number of nitrogens with one attached hydrogen (secondary N) is 1. The average Bonchev–Trinajstić information content (AvgIpc) is 3.16. The zero-order valence-corrected chi connectivity index (χ0v) is 12.3. The Kier molecular flexibility index (Phi) is 2.94.